The fourth-order valence-electron chi connectivity index (χ4n) is 1.28. The van der Waals surface area contributed by atoms with Crippen LogP contribution in [0.3, 0.4) is 0 Å². The van der Waals surface area contributed by atoms with Crippen LogP contribution in [0.2, 0.25) is 0 Å². The highest BCUT2D eigenvalue weighted by atomic mass is 16.5. The first kappa shape index (κ1) is 10.7. The molecule has 0 fully saturated rings. The van der Waals surface area contributed by atoms with Gasteiger partial charge in [0, 0.05) is 6.54 Å². The van der Waals surface area contributed by atoms with E-state index in [9.17, 15) is 4.79 Å². The molecule has 0 bridgehead atoms. The number of nitrogens with two attached hydrogens (primary N) is 2. The van der Waals surface area contributed by atoms with Crippen LogP contribution in [0.25, 0.3) is 0 Å². The highest BCUT2D eigenvalue weighted by Gasteiger charge is 2.11. The average Bonchev–Trinajstić information content (AvgIpc) is 2.18. The summed E-state index contributed by atoms with van der Waals surface area (Å²) in [5.74, 6) is -0.402. The van der Waals surface area contributed by atoms with E-state index in [-0.39, 0.29) is 6.73 Å². The zero-order valence-corrected chi connectivity index (χ0v) is 8.12. The third-order valence-electron chi connectivity index (χ3n) is 2.10. The molecule has 1 rings (SSSR count). The maximum absolute atomic E-state index is 11.4. The Balaban J connectivity index is 3.03. The number of carbonyl (C=O) groups excluding carboxylic acids is 1. The Kier molecular flexibility index (Phi) is 3.62. The molecular formula is C10H14N2O2. The van der Waals surface area contributed by atoms with Crippen molar-refractivity contribution >= 4 is 5.97 Å². The van der Waals surface area contributed by atoms with Crippen LogP contribution < -0.4 is 11.5 Å². The largest absolute Gasteiger partial charge is 0.446 e. The SMILES string of the molecule is Cc1c(CN)cccc1C(=O)OCN. The summed E-state index contributed by atoms with van der Waals surface area (Å²) in [6.07, 6.45) is 0. The van der Waals surface area contributed by atoms with Crippen LogP contribution in [0, 0.1) is 6.92 Å². The topological polar surface area (TPSA) is 78.3 Å². The van der Waals surface area contributed by atoms with Crippen LogP contribution in [0.15, 0.2) is 18.2 Å². The summed E-state index contributed by atoms with van der Waals surface area (Å²) in [5, 5.41) is 0. The molecule has 0 saturated heterocycles. The van der Waals surface area contributed by atoms with Gasteiger partial charge in [-0.25, -0.2) is 4.79 Å². The third kappa shape index (κ3) is 2.10. The van der Waals surface area contributed by atoms with E-state index in [0.717, 1.165) is 11.1 Å². The molecule has 0 heterocycles. The van der Waals surface area contributed by atoms with Gasteiger partial charge in [0.2, 0.25) is 0 Å². The van der Waals surface area contributed by atoms with Gasteiger partial charge in [-0.05, 0) is 24.1 Å². The Morgan fingerprint density at radius 3 is 2.71 bits per heavy atom. The first-order valence-electron chi connectivity index (χ1n) is 4.36. The lowest BCUT2D eigenvalue weighted by atomic mass is 10.0. The van der Waals surface area contributed by atoms with Crippen LogP contribution in [-0.2, 0) is 11.3 Å². The van der Waals surface area contributed by atoms with E-state index in [0.29, 0.717) is 12.1 Å². The lowest BCUT2D eigenvalue weighted by molar-refractivity contribution is 0.0514. The van der Waals surface area contributed by atoms with Gasteiger partial charge in [0.1, 0.15) is 6.73 Å². The van der Waals surface area contributed by atoms with Gasteiger partial charge in [-0.15, -0.1) is 0 Å². The maximum atomic E-state index is 11.4. The second kappa shape index (κ2) is 4.74. The third-order valence-corrected chi connectivity index (χ3v) is 2.10. The molecule has 14 heavy (non-hydrogen) atoms. The molecular weight excluding hydrogens is 180 g/mol. The quantitative estimate of drug-likeness (QED) is 0.543. The van der Waals surface area contributed by atoms with Crippen LogP contribution in [0.1, 0.15) is 21.5 Å². The summed E-state index contributed by atoms with van der Waals surface area (Å²) in [5.41, 5.74) is 13.0. The summed E-state index contributed by atoms with van der Waals surface area (Å²) in [7, 11) is 0. The minimum absolute atomic E-state index is 0.106. The zero-order valence-electron chi connectivity index (χ0n) is 8.12. The fraction of sp³-hybridized carbons (Fsp3) is 0.300. The lowest BCUT2D eigenvalue weighted by Crippen LogP contribution is -2.14. The molecule has 0 saturated carbocycles. The first-order chi connectivity index (χ1) is 6.70. The van der Waals surface area contributed by atoms with Crippen LogP contribution in [0.4, 0.5) is 0 Å². The number of benzene rings is 1. The van der Waals surface area contributed by atoms with Crippen molar-refractivity contribution in [1.82, 2.24) is 0 Å². The molecule has 1 aromatic carbocycles. The van der Waals surface area contributed by atoms with Gasteiger partial charge in [0.15, 0.2) is 0 Å². The smallest absolute Gasteiger partial charge is 0.339 e. The Labute approximate surface area is 82.8 Å². The molecule has 1 aromatic rings. The van der Waals surface area contributed by atoms with Gasteiger partial charge in [-0.1, -0.05) is 12.1 Å². The number of esters is 1. The molecule has 0 atom stereocenters. The van der Waals surface area contributed by atoms with E-state index < -0.39 is 5.97 Å². The van der Waals surface area contributed by atoms with E-state index in [2.05, 4.69) is 0 Å². The molecule has 0 aliphatic heterocycles. The van der Waals surface area contributed by atoms with Gasteiger partial charge >= 0.3 is 5.97 Å². The normalized spacial score (nSPS) is 9.93. The lowest BCUT2D eigenvalue weighted by Gasteiger charge is -2.08. The molecule has 4 heteroatoms. The number of ether oxygens (including phenoxy) is 1. The molecule has 0 radical (unpaired) electrons. The summed E-state index contributed by atoms with van der Waals surface area (Å²) < 4.78 is 4.71. The molecule has 4 nitrogen and oxygen atoms in total. The van der Waals surface area contributed by atoms with Crippen molar-refractivity contribution in [2.45, 2.75) is 13.5 Å². The van der Waals surface area contributed by atoms with Crippen molar-refractivity contribution in [3.05, 3.63) is 34.9 Å². The molecule has 0 amide bonds. The summed E-state index contributed by atoms with van der Waals surface area (Å²) >= 11 is 0. The highest BCUT2D eigenvalue weighted by Crippen LogP contribution is 2.14. The zero-order chi connectivity index (χ0) is 10.6. The van der Waals surface area contributed by atoms with Crippen LogP contribution in [-0.4, -0.2) is 12.7 Å². The van der Waals surface area contributed by atoms with Crippen molar-refractivity contribution in [3.63, 3.8) is 0 Å². The van der Waals surface area contributed by atoms with E-state index >= 15 is 0 Å². The van der Waals surface area contributed by atoms with E-state index in [4.69, 9.17) is 16.2 Å². The molecule has 0 aliphatic rings. The second-order valence-corrected chi connectivity index (χ2v) is 2.89. The average molecular weight is 194 g/mol. The Morgan fingerprint density at radius 2 is 2.14 bits per heavy atom. The van der Waals surface area contributed by atoms with Crippen molar-refractivity contribution in [2.75, 3.05) is 6.73 Å². The first-order valence-corrected chi connectivity index (χ1v) is 4.36. The van der Waals surface area contributed by atoms with E-state index in [1.54, 1.807) is 12.1 Å². The summed E-state index contributed by atoms with van der Waals surface area (Å²) in [6.45, 7) is 2.15. The minimum atomic E-state index is -0.402. The molecule has 0 aliphatic carbocycles. The minimum Gasteiger partial charge on any atom is -0.446 e. The Bertz CT molecular complexity index is 337. The molecule has 0 aromatic heterocycles. The van der Waals surface area contributed by atoms with Gasteiger partial charge in [0.05, 0.1) is 5.56 Å². The predicted octanol–water partition coefficient (Wildman–Crippen LogP) is 0.527. The molecule has 4 N–H and O–H groups in total. The number of rotatable bonds is 3. The Morgan fingerprint density at radius 1 is 1.43 bits per heavy atom. The second-order valence-electron chi connectivity index (χ2n) is 2.89. The maximum Gasteiger partial charge on any atom is 0.339 e. The summed E-state index contributed by atoms with van der Waals surface area (Å²) in [4.78, 5) is 11.4. The number of hydrogen-bond donors (Lipinski definition) is 2. The predicted molar refractivity (Wildman–Crippen MR) is 53.5 cm³/mol. The van der Waals surface area contributed by atoms with Crippen LogP contribution >= 0.6 is 0 Å². The molecule has 0 spiro atoms. The van der Waals surface area contributed by atoms with E-state index in [1.165, 1.54) is 0 Å². The van der Waals surface area contributed by atoms with Crippen LogP contribution in [0.5, 0.6) is 0 Å². The van der Waals surface area contributed by atoms with Crippen molar-refractivity contribution < 1.29 is 9.53 Å². The standard InChI is InChI=1S/C10H14N2O2/c1-7-8(5-11)3-2-4-9(7)10(13)14-6-12/h2-4H,5-6,11-12H2,1H3. The molecule has 76 valence electrons. The van der Waals surface area contributed by atoms with E-state index in [1.807, 2.05) is 13.0 Å². The summed E-state index contributed by atoms with van der Waals surface area (Å²) in [6, 6.07) is 5.36. The van der Waals surface area contributed by atoms with Crippen molar-refractivity contribution in [1.29, 1.82) is 0 Å². The monoisotopic (exact) mass is 194 g/mol. The molecule has 0 unspecified atom stereocenters. The van der Waals surface area contributed by atoms with Crippen molar-refractivity contribution in [2.24, 2.45) is 11.5 Å². The van der Waals surface area contributed by atoms with Crippen molar-refractivity contribution in [3.8, 4) is 0 Å². The van der Waals surface area contributed by atoms with Gasteiger partial charge in [-0.3, -0.25) is 5.73 Å². The number of carbonyl (C=O) groups is 1. The fourth-order valence-corrected chi connectivity index (χ4v) is 1.28. The highest BCUT2D eigenvalue weighted by molar-refractivity contribution is 5.91. The number of hydrogen-bond acceptors (Lipinski definition) is 4. The van der Waals surface area contributed by atoms with Gasteiger partial charge in [-0.2, -0.15) is 0 Å². The van der Waals surface area contributed by atoms with Gasteiger partial charge < -0.3 is 10.5 Å². The Hall–Kier alpha value is -1.39. The van der Waals surface area contributed by atoms with Gasteiger partial charge in [0.25, 0.3) is 0 Å².